The van der Waals surface area contributed by atoms with Crippen LogP contribution in [0.4, 0.5) is 16.2 Å². The van der Waals surface area contributed by atoms with Crippen LogP contribution in [0.25, 0.3) is 10.9 Å². The van der Waals surface area contributed by atoms with E-state index in [1.54, 1.807) is 6.07 Å². The molecule has 4 rings (SSSR count). The molecular formula is C25H31FIN5. The Labute approximate surface area is 203 Å². The van der Waals surface area contributed by atoms with Crippen molar-refractivity contribution in [3.63, 3.8) is 0 Å². The molecule has 1 fully saturated rings. The average molecular weight is 547 g/mol. The van der Waals surface area contributed by atoms with Crippen molar-refractivity contribution in [2.24, 2.45) is 11.8 Å². The van der Waals surface area contributed by atoms with Crippen LogP contribution in [0.15, 0.2) is 42.5 Å². The van der Waals surface area contributed by atoms with Gasteiger partial charge in [-0.2, -0.15) is 4.98 Å². The third kappa shape index (κ3) is 5.86. The highest BCUT2D eigenvalue weighted by atomic mass is 127. The van der Waals surface area contributed by atoms with Gasteiger partial charge in [-0.1, -0.05) is 18.2 Å². The van der Waals surface area contributed by atoms with Gasteiger partial charge in [-0.25, -0.2) is 9.37 Å². The predicted octanol–water partition coefficient (Wildman–Crippen LogP) is 5.45. The highest BCUT2D eigenvalue weighted by molar-refractivity contribution is 14.1. The number of halogens is 2. The van der Waals surface area contributed by atoms with Crippen LogP contribution in [0.2, 0.25) is 0 Å². The van der Waals surface area contributed by atoms with Crippen LogP contribution in [-0.4, -0.2) is 37.2 Å². The number of hydrogen-bond acceptors (Lipinski definition) is 5. The lowest BCUT2D eigenvalue weighted by Gasteiger charge is -2.29. The molecule has 0 spiro atoms. The molecule has 7 heteroatoms. The van der Waals surface area contributed by atoms with Gasteiger partial charge >= 0.3 is 0 Å². The molecule has 2 aromatic carbocycles. The van der Waals surface area contributed by atoms with Crippen LogP contribution < -0.4 is 15.5 Å². The first kappa shape index (κ1) is 23.2. The lowest BCUT2D eigenvalue weighted by molar-refractivity contribution is 0.275. The van der Waals surface area contributed by atoms with Gasteiger partial charge in [0.1, 0.15) is 11.6 Å². The summed E-state index contributed by atoms with van der Waals surface area (Å²) < 4.78 is 14.9. The summed E-state index contributed by atoms with van der Waals surface area (Å²) in [5.41, 5.74) is 1.71. The van der Waals surface area contributed by atoms with E-state index in [2.05, 4.69) is 39.3 Å². The number of anilines is 2. The lowest BCUT2D eigenvalue weighted by Crippen LogP contribution is -2.28. The number of para-hydroxylation sites is 1. The molecule has 0 bridgehead atoms. The Morgan fingerprint density at radius 2 is 1.72 bits per heavy atom. The van der Waals surface area contributed by atoms with Crippen molar-refractivity contribution >= 4 is 45.3 Å². The zero-order valence-corrected chi connectivity index (χ0v) is 20.9. The SMILES string of the molecule is CN(C)c1nc(NCC2CCC(CNCc3ccc(I)cc3F)CC2)nc2ccccc12. The van der Waals surface area contributed by atoms with Crippen LogP contribution in [-0.2, 0) is 6.54 Å². The number of benzene rings is 2. The van der Waals surface area contributed by atoms with Crippen LogP contribution in [0.3, 0.4) is 0 Å². The van der Waals surface area contributed by atoms with Crippen molar-refractivity contribution < 1.29 is 4.39 Å². The summed E-state index contributed by atoms with van der Waals surface area (Å²) in [5, 5.41) is 8.01. The quantitative estimate of drug-likeness (QED) is 0.368. The predicted molar refractivity (Wildman–Crippen MR) is 139 cm³/mol. The molecule has 0 aliphatic heterocycles. The lowest BCUT2D eigenvalue weighted by atomic mass is 9.82. The molecule has 2 N–H and O–H groups in total. The molecule has 1 heterocycles. The zero-order chi connectivity index (χ0) is 22.5. The van der Waals surface area contributed by atoms with E-state index in [1.807, 2.05) is 49.3 Å². The number of hydrogen-bond donors (Lipinski definition) is 2. The Hall–Kier alpha value is -2.00. The van der Waals surface area contributed by atoms with E-state index >= 15 is 0 Å². The van der Waals surface area contributed by atoms with E-state index in [0.29, 0.717) is 24.3 Å². The first-order valence-electron chi connectivity index (χ1n) is 11.3. The minimum atomic E-state index is -0.118. The van der Waals surface area contributed by atoms with Gasteiger partial charge in [-0.15, -0.1) is 0 Å². The largest absolute Gasteiger partial charge is 0.362 e. The summed E-state index contributed by atoms with van der Waals surface area (Å²) in [6.45, 7) is 2.45. The maximum Gasteiger partial charge on any atom is 0.225 e. The fraction of sp³-hybridized carbons (Fsp3) is 0.440. The second-order valence-corrected chi connectivity index (χ2v) is 10.2. The molecule has 1 aromatic heterocycles. The zero-order valence-electron chi connectivity index (χ0n) is 18.7. The van der Waals surface area contributed by atoms with Crippen LogP contribution in [0, 0.1) is 21.2 Å². The molecule has 0 amide bonds. The standard InChI is InChI=1S/C25H31FIN5/c1-32(2)24-21-5-3-4-6-23(21)30-25(31-24)29-15-18-9-7-17(8-10-18)14-28-16-19-11-12-20(27)13-22(19)26/h3-6,11-13,17-18,28H,7-10,14-16H2,1-2H3,(H,29,30,31). The summed E-state index contributed by atoms with van der Waals surface area (Å²) in [4.78, 5) is 11.5. The van der Waals surface area contributed by atoms with Crippen molar-refractivity contribution in [1.29, 1.82) is 0 Å². The third-order valence-electron chi connectivity index (χ3n) is 6.29. The molecule has 0 atom stereocenters. The molecule has 1 aliphatic carbocycles. The summed E-state index contributed by atoms with van der Waals surface area (Å²) in [7, 11) is 4.03. The average Bonchev–Trinajstić information content (AvgIpc) is 2.79. The molecule has 32 heavy (non-hydrogen) atoms. The summed E-state index contributed by atoms with van der Waals surface area (Å²) in [6, 6.07) is 13.6. The Morgan fingerprint density at radius 3 is 2.44 bits per heavy atom. The number of rotatable bonds is 8. The first-order chi connectivity index (χ1) is 15.5. The highest BCUT2D eigenvalue weighted by Crippen LogP contribution is 2.29. The monoisotopic (exact) mass is 547 g/mol. The summed E-state index contributed by atoms with van der Waals surface area (Å²) >= 11 is 2.14. The summed E-state index contributed by atoms with van der Waals surface area (Å²) in [6.07, 6.45) is 4.81. The van der Waals surface area contributed by atoms with Gasteiger partial charge in [0.25, 0.3) is 0 Å². The fourth-order valence-corrected chi connectivity index (χ4v) is 4.88. The van der Waals surface area contributed by atoms with Gasteiger partial charge in [-0.05, 0) is 90.9 Å². The normalized spacial score (nSPS) is 18.6. The molecule has 1 saturated carbocycles. The van der Waals surface area contributed by atoms with Crippen molar-refractivity contribution in [2.75, 3.05) is 37.4 Å². The minimum Gasteiger partial charge on any atom is -0.362 e. The number of nitrogens with zero attached hydrogens (tertiary/aromatic N) is 3. The highest BCUT2D eigenvalue weighted by Gasteiger charge is 2.21. The van der Waals surface area contributed by atoms with Gasteiger partial charge in [0.05, 0.1) is 5.52 Å². The van der Waals surface area contributed by atoms with E-state index < -0.39 is 0 Å². The van der Waals surface area contributed by atoms with Crippen LogP contribution in [0.5, 0.6) is 0 Å². The fourth-order valence-electron chi connectivity index (χ4n) is 4.43. The summed E-state index contributed by atoms with van der Waals surface area (Å²) in [5.74, 6) is 2.83. The molecule has 0 radical (unpaired) electrons. The molecule has 5 nitrogen and oxygen atoms in total. The second-order valence-electron chi connectivity index (χ2n) is 8.92. The van der Waals surface area contributed by atoms with Crippen LogP contribution in [0.1, 0.15) is 31.2 Å². The van der Waals surface area contributed by atoms with E-state index in [4.69, 9.17) is 9.97 Å². The van der Waals surface area contributed by atoms with E-state index in [0.717, 1.165) is 38.9 Å². The molecule has 170 valence electrons. The number of fused-ring (bicyclic) bond motifs is 1. The molecule has 0 saturated heterocycles. The van der Waals surface area contributed by atoms with E-state index in [1.165, 1.54) is 25.7 Å². The molecule has 3 aromatic rings. The Morgan fingerprint density at radius 1 is 1.00 bits per heavy atom. The molecular weight excluding hydrogens is 516 g/mol. The third-order valence-corrected chi connectivity index (χ3v) is 6.96. The van der Waals surface area contributed by atoms with Crippen molar-refractivity contribution in [1.82, 2.24) is 15.3 Å². The maximum atomic E-state index is 14.0. The van der Waals surface area contributed by atoms with Gasteiger partial charge < -0.3 is 15.5 Å². The van der Waals surface area contributed by atoms with Crippen molar-refractivity contribution in [3.8, 4) is 0 Å². The number of nitrogens with one attached hydrogen (secondary N) is 2. The number of aromatic nitrogens is 2. The minimum absolute atomic E-state index is 0.118. The van der Waals surface area contributed by atoms with Gasteiger partial charge in [0.15, 0.2) is 0 Å². The maximum absolute atomic E-state index is 14.0. The van der Waals surface area contributed by atoms with Crippen molar-refractivity contribution in [3.05, 3.63) is 57.4 Å². The Balaban J connectivity index is 1.24. The molecule has 1 aliphatic rings. The first-order valence-corrected chi connectivity index (χ1v) is 12.4. The van der Waals surface area contributed by atoms with Crippen LogP contribution >= 0.6 is 22.6 Å². The second kappa shape index (κ2) is 10.7. The van der Waals surface area contributed by atoms with E-state index in [9.17, 15) is 4.39 Å². The Bertz CT molecular complexity index is 1050. The van der Waals surface area contributed by atoms with E-state index in [-0.39, 0.29) is 5.82 Å². The van der Waals surface area contributed by atoms with Gasteiger partial charge in [0.2, 0.25) is 5.95 Å². The van der Waals surface area contributed by atoms with Gasteiger partial charge in [0, 0.05) is 41.7 Å². The Kier molecular flexibility index (Phi) is 7.78. The smallest absolute Gasteiger partial charge is 0.225 e. The molecule has 0 unspecified atom stereocenters. The van der Waals surface area contributed by atoms with Gasteiger partial charge in [-0.3, -0.25) is 0 Å². The van der Waals surface area contributed by atoms with Crippen molar-refractivity contribution in [2.45, 2.75) is 32.2 Å². The topological polar surface area (TPSA) is 53.1 Å².